The van der Waals surface area contributed by atoms with Crippen LogP contribution in [0, 0.1) is 0 Å². The number of hydrogen-bond acceptors (Lipinski definition) is 3. The van der Waals surface area contributed by atoms with Crippen molar-refractivity contribution >= 4 is 35.3 Å². The Labute approximate surface area is 64.6 Å². The molecule has 1 aliphatic rings. The summed E-state index contributed by atoms with van der Waals surface area (Å²) in [5.41, 5.74) is 0. The summed E-state index contributed by atoms with van der Waals surface area (Å²) < 4.78 is 0. The molecule has 0 aromatic rings. The van der Waals surface area contributed by atoms with Gasteiger partial charge in [-0.15, -0.1) is 35.3 Å². The van der Waals surface area contributed by atoms with E-state index >= 15 is 0 Å². The lowest BCUT2D eigenvalue weighted by atomic mass is 11.0. The highest BCUT2D eigenvalue weighted by Crippen LogP contribution is 2.27. The summed E-state index contributed by atoms with van der Waals surface area (Å²) in [4.78, 5) is 0. The molecule has 0 unspecified atom stereocenters. The standard InChI is InChI=1S/C3H6S3.C2H6/c1-4-2-6-3-5-1;1-2/h1-3H2;1-2H3. The minimum absolute atomic E-state index is 1.31. The molecule has 0 radical (unpaired) electrons. The van der Waals surface area contributed by atoms with Crippen molar-refractivity contribution in [3.05, 3.63) is 0 Å². The van der Waals surface area contributed by atoms with Gasteiger partial charge in [0, 0.05) is 15.3 Å². The molecular formula is C5H12S3. The van der Waals surface area contributed by atoms with Crippen molar-refractivity contribution in [1.82, 2.24) is 0 Å². The molecule has 0 nitrogen and oxygen atoms in total. The van der Waals surface area contributed by atoms with Crippen LogP contribution < -0.4 is 0 Å². The smallest absolute Gasteiger partial charge is 0.0408 e. The van der Waals surface area contributed by atoms with Gasteiger partial charge in [-0.05, 0) is 0 Å². The van der Waals surface area contributed by atoms with Crippen LogP contribution in [0.1, 0.15) is 13.8 Å². The Bertz CT molecular complexity index is 23.1. The molecule has 0 N–H and O–H groups in total. The Morgan fingerprint density at radius 2 is 1.00 bits per heavy atom. The Kier molecular flexibility index (Phi) is 9.11. The van der Waals surface area contributed by atoms with E-state index in [1.807, 2.05) is 49.1 Å². The molecule has 1 fully saturated rings. The Morgan fingerprint density at radius 1 is 0.750 bits per heavy atom. The molecule has 0 aliphatic carbocycles. The molecule has 1 heterocycles. The van der Waals surface area contributed by atoms with Gasteiger partial charge < -0.3 is 0 Å². The van der Waals surface area contributed by atoms with Gasteiger partial charge in [0.2, 0.25) is 0 Å². The first-order valence-corrected chi connectivity index (χ1v) is 6.20. The lowest BCUT2D eigenvalue weighted by Gasteiger charge is -2.05. The van der Waals surface area contributed by atoms with Crippen LogP contribution in [0.25, 0.3) is 0 Å². The van der Waals surface area contributed by atoms with E-state index in [4.69, 9.17) is 0 Å². The van der Waals surface area contributed by atoms with Gasteiger partial charge in [0.25, 0.3) is 0 Å². The van der Waals surface area contributed by atoms with E-state index in [1.165, 1.54) is 15.3 Å². The fourth-order valence-electron chi connectivity index (χ4n) is 0.279. The van der Waals surface area contributed by atoms with Crippen molar-refractivity contribution in [2.24, 2.45) is 0 Å². The fourth-order valence-corrected chi connectivity index (χ4v) is 4.35. The van der Waals surface area contributed by atoms with Gasteiger partial charge in [-0.2, -0.15) is 0 Å². The second-order valence-electron chi connectivity index (χ2n) is 0.966. The maximum absolute atomic E-state index is 2.02. The molecule has 0 amide bonds. The predicted molar refractivity (Wildman–Crippen MR) is 48.7 cm³/mol. The van der Waals surface area contributed by atoms with Crippen LogP contribution in [-0.4, -0.2) is 15.3 Å². The highest BCUT2D eigenvalue weighted by Gasteiger charge is 1.96. The van der Waals surface area contributed by atoms with E-state index in [2.05, 4.69) is 0 Å². The molecule has 0 atom stereocenters. The quantitative estimate of drug-likeness (QED) is 0.545. The summed E-state index contributed by atoms with van der Waals surface area (Å²) in [5.74, 6) is 0. The van der Waals surface area contributed by atoms with Crippen molar-refractivity contribution in [1.29, 1.82) is 0 Å². The summed E-state index contributed by atoms with van der Waals surface area (Å²) in [6.07, 6.45) is 0. The second-order valence-corrected chi connectivity index (χ2v) is 5.02. The van der Waals surface area contributed by atoms with Crippen molar-refractivity contribution in [3.8, 4) is 0 Å². The van der Waals surface area contributed by atoms with Crippen molar-refractivity contribution in [3.63, 3.8) is 0 Å². The van der Waals surface area contributed by atoms with Gasteiger partial charge in [-0.1, -0.05) is 13.8 Å². The maximum atomic E-state index is 2.02. The van der Waals surface area contributed by atoms with Gasteiger partial charge in [-0.3, -0.25) is 0 Å². The third-order valence-electron chi connectivity index (χ3n) is 0.500. The fraction of sp³-hybridized carbons (Fsp3) is 1.00. The van der Waals surface area contributed by atoms with Gasteiger partial charge in [0.15, 0.2) is 0 Å². The lowest BCUT2D eigenvalue weighted by molar-refractivity contribution is 1.50. The minimum atomic E-state index is 1.31. The zero-order chi connectivity index (χ0) is 6.24. The summed E-state index contributed by atoms with van der Waals surface area (Å²) in [5, 5.41) is 3.94. The molecule has 1 rings (SSSR count). The molecule has 0 saturated carbocycles. The first-order valence-electron chi connectivity index (χ1n) is 2.73. The van der Waals surface area contributed by atoms with E-state index in [0.717, 1.165) is 0 Å². The van der Waals surface area contributed by atoms with Crippen LogP contribution in [0.15, 0.2) is 0 Å². The number of hydrogen-bond donors (Lipinski definition) is 0. The summed E-state index contributed by atoms with van der Waals surface area (Å²) >= 11 is 6.06. The zero-order valence-corrected chi connectivity index (χ0v) is 7.80. The number of thioether (sulfide) groups is 3. The molecule has 1 saturated heterocycles. The normalized spacial score (nSPS) is 18.8. The van der Waals surface area contributed by atoms with Crippen molar-refractivity contribution in [2.45, 2.75) is 13.8 Å². The second kappa shape index (κ2) is 8.05. The first kappa shape index (κ1) is 9.05. The Morgan fingerprint density at radius 3 is 1.12 bits per heavy atom. The van der Waals surface area contributed by atoms with Gasteiger partial charge >= 0.3 is 0 Å². The van der Waals surface area contributed by atoms with Crippen LogP contribution in [0.5, 0.6) is 0 Å². The third-order valence-corrected chi connectivity index (χ3v) is 4.50. The maximum Gasteiger partial charge on any atom is 0.0408 e. The van der Waals surface area contributed by atoms with Crippen molar-refractivity contribution < 1.29 is 0 Å². The summed E-state index contributed by atoms with van der Waals surface area (Å²) in [6.45, 7) is 4.00. The number of rotatable bonds is 0. The van der Waals surface area contributed by atoms with Crippen LogP contribution in [0.3, 0.4) is 0 Å². The summed E-state index contributed by atoms with van der Waals surface area (Å²) in [6, 6.07) is 0. The van der Waals surface area contributed by atoms with E-state index < -0.39 is 0 Å². The molecule has 3 heteroatoms. The predicted octanol–water partition coefficient (Wildman–Crippen LogP) is 3.10. The van der Waals surface area contributed by atoms with Gasteiger partial charge in [0.05, 0.1) is 0 Å². The topological polar surface area (TPSA) is 0 Å². The Balaban J connectivity index is 0.000000222. The molecule has 0 aromatic carbocycles. The van der Waals surface area contributed by atoms with Crippen LogP contribution >= 0.6 is 35.3 Å². The minimum Gasteiger partial charge on any atom is -0.140 e. The molecule has 8 heavy (non-hydrogen) atoms. The Hall–Kier alpha value is 1.05. The van der Waals surface area contributed by atoms with E-state index in [-0.39, 0.29) is 0 Å². The lowest BCUT2D eigenvalue weighted by Crippen LogP contribution is -1.82. The zero-order valence-electron chi connectivity index (χ0n) is 5.35. The first-order chi connectivity index (χ1) is 4.00. The molecule has 1 aliphatic heterocycles. The average Bonchev–Trinajstić information content (AvgIpc) is 1.96. The third kappa shape index (κ3) is 5.19. The highest BCUT2D eigenvalue weighted by molar-refractivity contribution is 8.31. The van der Waals surface area contributed by atoms with E-state index in [9.17, 15) is 0 Å². The average molecular weight is 168 g/mol. The van der Waals surface area contributed by atoms with E-state index in [1.54, 1.807) is 0 Å². The molecular weight excluding hydrogens is 156 g/mol. The van der Waals surface area contributed by atoms with Crippen LogP contribution in [0.4, 0.5) is 0 Å². The van der Waals surface area contributed by atoms with Crippen LogP contribution in [0.2, 0.25) is 0 Å². The van der Waals surface area contributed by atoms with E-state index in [0.29, 0.717) is 0 Å². The SMILES string of the molecule is C1SCSCS1.CC. The highest BCUT2D eigenvalue weighted by atomic mass is 32.3. The molecule has 0 aromatic heterocycles. The molecule has 0 spiro atoms. The summed E-state index contributed by atoms with van der Waals surface area (Å²) in [7, 11) is 0. The largest absolute Gasteiger partial charge is 0.140 e. The molecule has 50 valence electrons. The molecule has 0 bridgehead atoms. The van der Waals surface area contributed by atoms with Gasteiger partial charge in [0.1, 0.15) is 0 Å². The monoisotopic (exact) mass is 168 g/mol. The van der Waals surface area contributed by atoms with Gasteiger partial charge in [-0.25, -0.2) is 0 Å². The van der Waals surface area contributed by atoms with Crippen LogP contribution in [-0.2, 0) is 0 Å². The van der Waals surface area contributed by atoms with Crippen molar-refractivity contribution in [2.75, 3.05) is 15.3 Å².